The number of hydrogen-bond donors (Lipinski definition) is 0. The van der Waals surface area contributed by atoms with Crippen LogP contribution in [0.4, 0.5) is 5.69 Å². The van der Waals surface area contributed by atoms with E-state index in [1.165, 1.54) is 0 Å². The molecule has 0 amide bonds. The van der Waals surface area contributed by atoms with E-state index in [4.69, 9.17) is 23.2 Å². The highest BCUT2D eigenvalue weighted by atomic mass is 35.5. The molecule has 0 N–H and O–H groups in total. The van der Waals surface area contributed by atoms with Gasteiger partial charge in [-0.3, -0.25) is 0 Å². The zero-order valence-electron chi connectivity index (χ0n) is 10.6. The quantitative estimate of drug-likeness (QED) is 0.598. The SMILES string of the molecule is CN1CCN(c2ccc3c(Cl)nc(Cl)nc3c2)CC1. The lowest BCUT2D eigenvalue weighted by Gasteiger charge is -2.34. The summed E-state index contributed by atoms with van der Waals surface area (Å²) in [5, 5.41) is 1.43. The van der Waals surface area contributed by atoms with Crippen molar-refractivity contribution in [3.8, 4) is 0 Å². The Morgan fingerprint density at radius 2 is 1.79 bits per heavy atom. The van der Waals surface area contributed by atoms with Crippen molar-refractivity contribution in [1.29, 1.82) is 0 Å². The van der Waals surface area contributed by atoms with Crippen molar-refractivity contribution in [2.75, 3.05) is 38.1 Å². The lowest BCUT2D eigenvalue weighted by atomic mass is 10.2. The summed E-state index contributed by atoms with van der Waals surface area (Å²) in [5.41, 5.74) is 1.95. The average Bonchev–Trinajstić information content (AvgIpc) is 2.38. The van der Waals surface area contributed by atoms with Crippen LogP contribution in [0.2, 0.25) is 10.4 Å². The summed E-state index contributed by atoms with van der Waals surface area (Å²) in [6.07, 6.45) is 0. The van der Waals surface area contributed by atoms with Gasteiger partial charge in [0.05, 0.1) is 5.52 Å². The van der Waals surface area contributed by atoms with Crippen LogP contribution in [0, 0.1) is 0 Å². The molecule has 0 bridgehead atoms. The Bertz CT molecular complexity index is 609. The second-order valence-corrected chi connectivity index (χ2v) is 5.47. The highest BCUT2D eigenvalue weighted by Crippen LogP contribution is 2.26. The van der Waals surface area contributed by atoms with Crippen molar-refractivity contribution in [2.24, 2.45) is 0 Å². The van der Waals surface area contributed by atoms with Gasteiger partial charge in [0, 0.05) is 37.3 Å². The number of likely N-dealkylation sites (N-methyl/N-ethyl adjacent to an activating group) is 1. The van der Waals surface area contributed by atoms with Crippen molar-refractivity contribution in [3.63, 3.8) is 0 Å². The van der Waals surface area contributed by atoms with E-state index in [0.29, 0.717) is 5.15 Å². The molecule has 1 aromatic carbocycles. The average molecular weight is 297 g/mol. The lowest BCUT2D eigenvalue weighted by Crippen LogP contribution is -2.44. The number of benzene rings is 1. The van der Waals surface area contributed by atoms with Crippen molar-refractivity contribution in [2.45, 2.75) is 0 Å². The topological polar surface area (TPSA) is 32.3 Å². The first kappa shape index (κ1) is 12.9. The highest BCUT2D eigenvalue weighted by molar-refractivity contribution is 6.35. The molecule has 2 heterocycles. The minimum absolute atomic E-state index is 0.188. The Morgan fingerprint density at radius 1 is 1.05 bits per heavy atom. The summed E-state index contributed by atoms with van der Waals surface area (Å²) >= 11 is 11.9. The largest absolute Gasteiger partial charge is 0.369 e. The van der Waals surface area contributed by atoms with Gasteiger partial charge in [-0.05, 0) is 36.8 Å². The molecule has 3 rings (SSSR count). The molecule has 0 saturated carbocycles. The normalized spacial score (nSPS) is 17.1. The molecule has 0 radical (unpaired) electrons. The maximum absolute atomic E-state index is 6.06. The molecule has 0 aliphatic carbocycles. The van der Waals surface area contributed by atoms with Crippen LogP contribution < -0.4 is 4.90 Å². The molecule has 19 heavy (non-hydrogen) atoms. The van der Waals surface area contributed by atoms with Crippen molar-refractivity contribution >= 4 is 39.8 Å². The smallest absolute Gasteiger partial charge is 0.224 e. The van der Waals surface area contributed by atoms with Crippen LogP contribution in [0.15, 0.2) is 18.2 Å². The zero-order valence-corrected chi connectivity index (χ0v) is 12.1. The van der Waals surface area contributed by atoms with E-state index in [0.717, 1.165) is 42.8 Å². The summed E-state index contributed by atoms with van der Waals surface area (Å²) in [5.74, 6) is 0. The van der Waals surface area contributed by atoms with Gasteiger partial charge in [0.1, 0.15) is 5.15 Å². The second kappa shape index (κ2) is 5.12. The first-order valence-corrected chi connectivity index (χ1v) is 6.95. The van der Waals surface area contributed by atoms with Gasteiger partial charge in [0.2, 0.25) is 5.28 Å². The lowest BCUT2D eigenvalue weighted by molar-refractivity contribution is 0.313. The molecule has 1 aliphatic rings. The van der Waals surface area contributed by atoms with Gasteiger partial charge in [-0.25, -0.2) is 9.97 Å². The predicted molar refractivity (Wildman–Crippen MR) is 79.3 cm³/mol. The van der Waals surface area contributed by atoms with Crippen molar-refractivity contribution in [1.82, 2.24) is 14.9 Å². The van der Waals surface area contributed by atoms with Gasteiger partial charge in [0.15, 0.2) is 0 Å². The number of aromatic nitrogens is 2. The van der Waals surface area contributed by atoms with E-state index >= 15 is 0 Å². The first-order chi connectivity index (χ1) is 9.13. The summed E-state index contributed by atoms with van der Waals surface area (Å²) in [6, 6.07) is 6.05. The maximum atomic E-state index is 6.06. The Labute approximate surface area is 121 Å². The number of nitrogens with zero attached hydrogens (tertiary/aromatic N) is 4. The Morgan fingerprint density at radius 3 is 2.53 bits per heavy atom. The van der Waals surface area contributed by atoms with Gasteiger partial charge in [-0.15, -0.1) is 0 Å². The van der Waals surface area contributed by atoms with E-state index in [-0.39, 0.29) is 5.28 Å². The minimum atomic E-state index is 0.188. The van der Waals surface area contributed by atoms with Gasteiger partial charge in [-0.1, -0.05) is 11.6 Å². The predicted octanol–water partition coefficient (Wildman–Crippen LogP) is 2.69. The first-order valence-electron chi connectivity index (χ1n) is 6.20. The number of anilines is 1. The van der Waals surface area contributed by atoms with Crippen LogP contribution in [-0.2, 0) is 0 Å². The van der Waals surface area contributed by atoms with Crippen molar-refractivity contribution in [3.05, 3.63) is 28.6 Å². The maximum Gasteiger partial charge on any atom is 0.224 e. The van der Waals surface area contributed by atoms with Gasteiger partial charge in [-0.2, -0.15) is 0 Å². The van der Waals surface area contributed by atoms with Crippen LogP contribution in [0.25, 0.3) is 10.9 Å². The fraction of sp³-hybridized carbons (Fsp3) is 0.385. The van der Waals surface area contributed by atoms with E-state index in [2.05, 4.69) is 32.9 Å². The molecule has 0 unspecified atom stereocenters. The number of hydrogen-bond acceptors (Lipinski definition) is 4. The highest BCUT2D eigenvalue weighted by Gasteiger charge is 2.15. The summed E-state index contributed by atoms with van der Waals surface area (Å²) in [7, 11) is 2.14. The summed E-state index contributed by atoms with van der Waals surface area (Å²) < 4.78 is 0. The Kier molecular flexibility index (Phi) is 3.48. The van der Waals surface area contributed by atoms with Crippen LogP contribution in [0.3, 0.4) is 0 Å². The molecule has 2 aromatic rings. The number of halogens is 2. The molecule has 6 heteroatoms. The molecule has 1 aliphatic heterocycles. The third-order valence-electron chi connectivity index (χ3n) is 3.48. The van der Waals surface area contributed by atoms with Gasteiger partial charge < -0.3 is 9.80 Å². The van der Waals surface area contributed by atoms with Crippen LogP contribution in [-0.4, -0.2) is 48.1 Å². The van der Waals surface area contributed by atoms with Crippen LogP contribution in [0.5, 0.6) is 0 Å². The molecular weight excluding hydrogens is 283 g/mol. The fourth-order valence-corrected chi connectivity index (χ4v) is 2.77. The van der Waals surface area contributed by atoms with E-state index < -0.39 is 0 Å². The molecule has 0 atom stereocenters. The number of fused-ring (bicyclic) bond motifs is 1. The summed E-state index contributed by atoms with van der Waals surface area (Å²) in [4.78, 5) is 12.9. The third-order valence-corrected chi connectivity index (χ3v) is 3.93. The van der Waals surface area contributed by atoms with E-state index in [1.807, 2.05) is 12.1 Å². The standard InChI is InChI=1S/C13H14Cl2N4/c1-18-4-6-19(7-5-18)9-2-3-10-11(8-9)16-13(15)17-12(10)14/h2-3,8H,4-7H2,1H3. The molecule has 1 fully saturated rings. The third kappa shape index (κ3) is 2.61. The second-order valence-electron chi connectivity index (χ2n) is 4.78. The number of rotatable bonds is 1. The van der Waals surface area contributed by atoms with E-state index in [1.54, 1.807) is 0 Å². The molecule has 100 valence electrons. The van der Waals surface area contributed by atoms with Crippen LogP contribution in [0.1, 0.15) is 0 Å². The Hall–Kier alpha value is -1.10. The Balaban J connectivity index is 1.97. The monoisotopic (exact) mass is 296 g/mol. The van der Waals surface area contributed by atoms with Crippen molar-refractivity contribution < 1.29 is 0 Å². The van der Waals surface area contributed by atoms with E-state index in [9.17, 15) is 0 Å². The molecule has 4 nitrogen and oxygen atoms in total. The molecule has 0 spiro atoms. The minimum Gasteiger partial charge on any atom is -0.369 e. The molecule has 1 saturated heterocycles. The molecule has 1 aromatic heterocycles. The van der Waals surface area contributed by atoms with Gasteiger partial charge in [0.25, 0.3) is 0 Å². The van der Waals surface area contributed by atoms with Crippen LogP contribution >= 0.6 is 23.2 Å². The fourth-order valence-electron chi connectivity index (χ4n) is 2.31. The zero-order chi connectivity index (χ0) is 13.4. The van der Waals surface area contributed by atoms with Gasteiger partial charge >= 0.3 is 0 Å². The summed E-state index contributed by atoms with van der Waals surface area (Å²) in [6.45, 7) is 4.19. The molecular formula is C13H14Cl2N4. The number of piperazine rings is 1.